The van der Waals surface area contributed by atoms with E-state index in [4.69, 9.17) is 0 Å². The van der Waals surface area contributed by atoms with Gasteiger partial charge >= 0.3 is 0 Å². The summed E-state index contributed by atoms with van der Waals surface area (Å²) in [5.74, 6) is -0.792. The van der Waals surface area contributed by atoms with Crippen molar-refractivity contribution in [2.24, 2.45) is 0 Å². The van der Waals surface area contributed by atoms with E-state index < -0.39 is 15.8 Å². The van der Waals surface area contributed by atoms with E-state index >= 15 is 0 Å². The molecule has 1 fully saturated rings. The van der Waals surface area contributed by atoms with Crippen molar-refractivity contribution in [1.29, 1.82) is 0 Å². The number of carbonyl (C=O) groups is 1. The van der Waals surface area contributed by atoms with Crippen molar-refractivity contribution in [2.45, 2.75) is 31.7 Å². The van der Waals surface area contributed by atoms with Gasteiger partial charge in [0.1, 0.15) is 12.4 Å². The van der Waals surface area contributed by atoms with Crippen molar-refractivity contribution < 1.29 is 17.6 Å². The van der Waals surface area contributed by atoms with Crippen LogP contribution in [0.3, 0.4) is 0 Å². The maximum atomic E-state index is 12.9. The molecule has 1 aromatic carbocycles. The van der Waals surface area contributed by atoms with Crippen LogP contribution in [0.4, 0.5) is 10.1 Å². The van der Waals surface area contributed by atoms with Crippen LogP contribution in [0.2, 0.25) is 0 Å². The number of benzene rings is 1. The summed E-state index contributed by atoms with van der Waals surface area (Å²) in [6.07, 6.45) is 5.05. The van der Waals surface area contributed by atoms with Crippen LogP contribution in [0.15, 0.2) is 24.3 Å². The highest BCUT2D eigenvalue weighted by atomic mass is 32.2. The molecule has 0 unspecified atom stereocenters. The summed E-state index contributed by atoms with van der Waals surface area (Å²) in [5, 5.41) is 2.84. The molecule has 1 amide bonds. The Morgan fingerprint density at radius 3 is 2.38 bits per heavy atom. The standard InChI is InChI=1S/C14H19FN2O3S/c1-21(19,20)17(13-8-6-11(15)7-9-13)10-14(18)16-12-4-2-3-5-12/h6-9,12H,2-5,10H2,1H3,(H,16,18). The van der Waals surface area contributed by atoms with Crippen molar-refractivity contribution in [3.8, 4) is 0 Å². The highest BCUT2D eigenvalue weighted by Crippen LogP contribution is 2.19. The van der Waals surface area contributed by atoms with E-state index in [9.17, 15) is 17.6 Å². The number of carbonyl (C=O) groups excluding carboxylic acids is 1. The number of anilines is 1. The fraction of sp³-hybridized carbons (Fsp3) is 0.500. The third-order valence-corrected chi connectivity index (χ3v) is 4.66. The fourth-order valence-electron chi connectivity index (χ4n) is 2.48. The lowest BCUT2D eigenvalue weighted by Crippen LogP contribution is -2.43. The van der Waals surface area contributed by atoms with Crippen molar-refractivity contribution >= 4 is 21.6 Å². The van der Waals surface area contributed by atoms with Gasteiger partial charge in [-0.05, 0) is 37.1 Å². The third kappa shape index (κ3) is 4.42. The van der Waals surface area contributed by atoms with Crippen LogP contribution in [0.25, 0.3) is 0 Å². The topological polar surface area (TPSA) is 66.5 Å². The minimum Gasteiger partial charge on any atom is -0.352 e. The van der Waals surface area contributed by atoms with Gasteiger partial charge in [-0.3, -0.25) is 9.10 Å². The smallest absolute Gasteiger partial charge is 0.240 e. The molecule has 116 valence electrons. The van der Waals surface area contributed by atoms with Gasteiger partial charge in [0.05, 0.1) is 11.9 Å². The normalized spacial score (nSPS) is 15.9. The molecule has 0 aliphatic heterocycles. The molecule has 1 aromatic rings. The van der Waals surface area contributed by atoms with Gasteiger partial charge in [0.2, 0.25) is 15.9 Å². The first-order valence-electron chi connectivity index (χ1n) is 6.89. The first-order valence-corrected chi connectivity index (χ1v) is 8.74. The predicted octanol–water partition coefficient (Wildman–Crippen LogP) is 1.65. The number of nitrogens with one attached hydrogen (secondary N) is 1. The number of hydrogen-bond donors (Lipinski definition) is 1. The zero-order chi connectivity index (χ0) is 15.5. The molecule has 5 nitrogen and oxygen atoms in total. The lowest BCUT2D eigenvalue weighted by Gasteiger charge is -2.23. The average Bonchev–Trinajstić information content (AvgIpc) is 2.89. The molecule has 1 aliphatic rings. The Kier molecular flexibility index (Phi) is 4.82. The van der Waals surface area contributed by atoms with Gasteiger partial charge in [-0.25, -0.2) is 12.8 Å². The molecule has 0 bridgehead atoms. The second kappa shape index (κ2) is 6.43. The molecule has 0 atom stereocenters. The van der Waals surface area contributed by atoms with Crippen molar-refractivity contribution in [3.05, 3.63) is 30.1 Å². The van der Waals surface area contributed by atoms with E-state index in [0.29, 0.717) is 0 Å². The van der Waals surface area contributed by atoms with Crippen LogP contribution in [0.1, 0.15) is 25.7 Å². The Morgan fingerprint density at radius 1 is 1.29 bits per heavy atom. The maximum absolute atomic E-state index is 12.9. The third-order valence-electron chi connectivity index (χ3n) is 3.52. The number of nitrogens with zero attached hydrogens (tertiary/aromatic N) is 1. The molecule has 7 heteroatoms. The van der Waals surface area contributed by atoms with Crippen LogP contribution in [-0.4, -0.2) is 33.2 Å². The van der Waals surface area contributed by atoms with Gasteiger partial charge in [-0.15, -0.1) is 0 Å². The molecule has 21 heavy (non-hydrogen) atoms. The molecular formula is C14H19FN2O3S. The van der Waals surface area contributed by atoms with Gasteiger partial charge < -0.3 is 5.32 Å². The number of rotatable bonds is 5. The van der Waals surface area contributed by atoms with Gasteiger partial charge in [0.25, 0.3) is 0 Å². The molecule has 1 saturated carbocycles. The SMILES string of the molecule is CS(=O)(=O)N(CC(=O)NC1CCCC1)c1ccc(F)cc1. The van der Waals surface area contributed by atoms with Gasteiger partial charge in [0, 0.05) is 6.04 Å². The second-order valence-electron chi connectivity index (χ2n) is 5.29. The molecule has 0 radical (unpaired) electrons. The Bertz CT molecular complexity index is 595. The van der Waals surface area contributed by atoms with Crippen molar-refractivity contribution in [1.82, 2.24) is 5.32 Å². The summed E-state index contributed by atoms with van der Waals surface area (Å²) in [6.45, 7) is -0.291. The second-order valence-corrected chi connectivity index (χ2v) is 7.20. The van der Waals surface area contributed by atoms with E-state index in [-0.39, 0.29) is 24.2 Å². The average molecular weight is 314 g/mol. The summed E-state index contributed by atoms with van der Waals surface area (Å²) in [7, 11) is -3.61. The highest BCUT2D eigenvalue weighted by Gasteiger charge is 2.23. The van der Waals surface area contributed by atoms with Gasteiger partial charge in [0.15, 0.2) is 0 Å². The number of halogens is 1. The zero-order valence-electron chi connectivity index (χ0n) is 11.9. The minimum absolute atomic E-state index is 0.132. The van der Waals surface area contributed by atoms with Crippen molar-refractivity contribution in [3.63, 3.8) is 0 Å². The monoisotopic (exact) mass is 314 g/mol. The Hall–Kier alpha value is -1.63. The number of sulfonamides is 1. The van der Waals surface area contributed by atoms with Crippen molar-refractivity contribution in [2.75, 3.05) is 17.1 Å². The van der Waals surface area contributed by atoms with E-state index in [1.54, 1.807) is 0 Å². The molecule has 1 aliphatic carbocycles. The predicted molar refractivity (Wildman–Crippen MR) is 79.0 cm³/mol. The molecule has 0 saturated heterocycles. The minimum atomic E-state index is -3.61. The lowest BCUT2D eigenvalue weighted by atomic mass is 10.2. The quantitative estimate of drug-likeness (QED) is 0.898. The van der Waals surface area contributed by atoms with Crippen LogP contribution in [-0.2, 0) is 14.8 Å². The number of hydrogen-bond acceptors (Lipinski definition) is 3. The molecular weight excluding hydrogens is 295 g/mol. The van der Waals surface area contributed by atoms with Gasteiger partial charge in [-0.2, -0.15) is 0 Å². The van der Waals surface area contributed by atoms with E-state index in [2.05, 4.69) is 5.32 Å². The van der Waals surface area contributed by atoms with E-state index in [0.717, 1.165) is 36.2 Å². The molecule has 0 aromatic heterocycles. The lowest BCUT2D eigenvalue weighted by molar-refractivity contribution is -0.120. The van der Waals surface area contributed by atoms with Crippen LogP contribution < -0.4 is 9.62 Å². The Morgan fingerprint density at radius 2 is 1.86 bits per heavy atom. The van der Waals surface area contributed by atoms with Gasteiger partial charge in [-0.1, -0.05) is 12.8 Å². The summed E-state index contributed by atoms with van der Waals surface area (Å²) < 4.78 is 37.6. The van der Waals surface area contributed by atoms with Crippen LogP contribution >= 0.6 is 0 Å². The first-order chi connectivity index (χ1) is 9.86. The van der Waals surface area contributed by atoms with Crippen LogP contribution in [0.5, 0.6) is 0 Å². The summed E-state index contributed by atoms with van der Waals surface area (Å²) in [6, 6.07) is 5.16. The zero-order valence-corrected chi connectivity index (χ0v) is 12.7. The highest BCUT2D eigenvalue weighted by molar-refractivity contribution is 7.92. The first kappa shape index (κ1) is 15.8. The molecule has 0 spiro atoms. The summed E-state index contributed by atoms with van der Waals surface area (Å²) in [5.41, 5.74) is 0.278. The maximum Gasteiger partial charge on any atom is 0.240 e. The van der Waals surface area contributed by atoms with E-state index in [1.807, 2.05) is 0 Å². The summed E-state index contributed by atoms with van der Waals surface area (Å²) in [4.78, 5) is 12.0. The Balaban J connectivity index is 2.09. The van der Waals surface area contributed by atoms with E-state index in [1.165, 1.54) is 24.3 Å². The molecule has 0 heterocycles. The summed E-state index contributed by atoms with van der Waals surface area (Å²) >= 11 is 0. The number of amides is 1. The Labute approximate surface area is 124 Å². The van der Waals surface area contributed by atoms with Crippen LogP contribution in [0, 0.1) is 5.82 Å². The fourth-order valence-corrected chi connectivity index (χ4v) is 3.34. The molecule has 1 N–H and O–H groups in total. The molecule has 2 rings (SSSR count). The largest absolute Gasteiger partial charge is 0.352 e.